The number of fused-ring (bicyclic) bond motifs is 4. The van der Waals surface area contributed by atoms with Gasteiger partial charge in [-0.2, -0.15) is 5.06 Å². The third-order valence-corrected chi connectivity index (χ3v) is 11.1. The van der Waals surface area contributed by atoms with Crippen molar-refractivity contribution in [1.82, 2.24) is 15.7 Å². The Morgan fingerprint density at radius 3 is 2.23 bits per heavy atom. The number of hydroxylamine groups is 2. The molecule has 0 unspecified atom stereocenters. The molecule has 0 spiro atoms. The van der Waals surface area contributed by atoms with Crippen LogP contribution < -0.4 is 10.6 Å². The van der Waals surface area contributed by atoms with Crippen LogP contribution in [0.1, 0.15) is 68.7 Å². The molecule has 4 aliphatic rings. The molecule has 7 atom stereocenters. The first-order chi connectivity index (χ1) is 28.9. The third-order valence-electron chi connectivity index (χ3n) is 11.1. The molecule has 4 N–H and O–H groups in total. The van der Waals surface area contributed by atoms with Crippen LogP contribution in [0.25, 0.3) is 6.08 Å². The van der Waals surface area contributed by atoms with Crippen LogP contribution in [0.5, 0.6) is 0 Å². The van der Waals surface area contributed by atoms with E-state index in [1.165, 1.54) is 11.3 Å². The van der Waals surface area contributed by atoms with Gasteiger partial charge in [-0.25, -0.2) is 0 Å². The monoisotopic (exact) mass is 827 g/mol. The Kier molecular flexibility index (Phi) is 13.0. The van der Waals surface area contributed by atoms with E-state index in [1.807, 2.05) is 84.9 Å². The van der Waals surface area contributed by atoms with Gasteiger partial charge in [-0.05, 0) is 44.4 Å². The van der Waals surface area contributed by atoms with Gasteiger partial charge in [0.05, 0.1) is 32.1 Å². The number of aliphatic hydroxyl groups excluding tert-OH is 2. The molecule has 3 heterocycles. The van der Waals surface area contributed by atoms with E-state index in [2.05, 4.69) is 10.6 Å². The Bertz CT molecular complexity index is 1970. The number of nitrogens with one attached hydrogen (secondary N) is 2. The van der Waals surface area contributed by atoms with Crippen molar-refractivity contribution in [3.8, 4) is 0 Å². The minimum atomic E-state index is -1.50. The van der Waals surface area contributed by atoms with Crippen molar-refractivity contribution in [2.45, 2.75) is 101 Å². The highest BCUT2D eigenvalue weighted by Gasteiger charge is 2.76. The number of rotatable bonds is 17. The second-order valence-corrected chi connectivity index (χ2v) is 16.5. The van der Waals surface area contributed by atoms with Crippen LogP contribution in [0.4, 0.5) is 0 Å². The molecule has 3 aliphatic heterocycles. The summed E-state index contributed by atoms with van der Waals surface area (Å²) < 4.78 is 30.7. The molecule has 3 saturated heterocycles. The lowest BCUT2D eigenvalue weighted by Crippen LogP contribution is -2.69. The lowest BCUT2D eigenvalue weighted by molar-refractivity contribution is -0.213. The Hall–Kier alpha value is -5.16. The first-order valence-corrected chi connectivity index (χ1v) is 20.4. The van der Waals surface area contributed by atoms with Crippen LogP contribution in [0.2, 0.25) is 0 Å². The number of ether oxygens (including phenoxy) is 5. The normalized spacial score (nSPS) is 25.9. The molecule has 3 aromatic rings. The maximum atomic E-state index is 14.8. The minimum absolute atomic E-state index is 0.00390. The zero-order valence-electron chi connectivity index (χ0n) is 34.0. The summed E-state index contributed by atoms with van der Waals surface area (Å²) in [5.74, 6) is -3.44. The van der Waals surface area contributed by atoms with Crippen LogP contribution >= 0.6 is 0 Å². The average molecular weight is 828 g/mol. The molecule has 0 aromatic heterocycles. The van der Waals surface area contributed by atoms with Crippen LogP contribution in [0.15, 0.2) is 91.2 Å². The first-order valence-electron chi connectivity index (χ1n) is 20.4. The summed E-state index contributed by atoms with van der Waals surface area (Å²) in [5.41, 5.74) is 0.901. The fourth-order valence-corrected chi connectivity index (χ4v) is 8.50. The van der Waals surface area contributed by atoms with E-state index in [-0.39, 0.29) is 58.6 Å². The van der Waals surface area contributed by atoms with E-state index in [0.29, 0.717) is 11.1 Å². The lowest BCUT2D eigenvalue weighted by Gasteiger charge is -2.48. The Morgan fingerprint density at radius 1 is 0.933 bits per heavy atom. The van der Waals surface area contributed by atoms with Crippen molar-refractivity contribution in [1.29, 1.82) is 0 Å². The maximum absolute atomic E-state index is 14.8. The molecule has 2 amide bonds. The molecule has 7 rings (SSSR count). The summed E-state index contributed by atoms with van der Waals surface area (Å²) in [6.07, 6.45) is -0.176. The number of benzene rings is 3. The van der Waals surface area contributed by atoms with Crippen molar-refractivity contribution in [2.75, 3.05) is 26.4 Å². The summed E-state index contributed by atoms with van der Waals surface area (Å²) in [7, 11) is 0. The SMILES string of the molecule is CC(C)(C)OC(=O)CC[C@@H](CO)NC(=O)CCNC(=O)[C@@]12C[C@H]3OC(=O)[C@@H]1N(Cc1ccc(C=COCCO)cc1)O[C@@H]2[C@H]1OC(c2ccccc2)(c2ccccc2)O[C@H]13. The van der Waals surface area contributed by atoms with E-state index < -0.39 is 77.1 Å². The fraction of sp³-hybridized carbons (Fsp3) is 0.467. The van der Waals surface area contributed by atoms with Crippen LogP contribution in [0.3, 0.4) is 0 Å². The van der Waals surface area contributed by atoms with Crippen LogP contribution in [-0.4, -0.2) is 107 Å². The molecule has 320 valence electrons. The molecule has 0 radical (unpaired) electrons. The van der Waals surface area contributed by atoms with E-state index in [1.54, 1.807) is 26.8 Å². The van der Waals surface area contributed by atoms with E-state index >= 15 is 0 Å². The summed E-state index contributed by atoms with van der Waals surface area (Å²) in [6, 6.07) is 24.6. The molecule has 15 nitrogen and oxygen atoms in total. The van der Waals surface area contributed by atoms with Crippen molar-refractivity contribution in [3.63, 3.8) is 0 Å². The maximum Gasteiger partial charge on any atom is 0.327 e. The van der Waals surface area contributed by atoms with Gasteiger partial charge in [-0.3, -0.25) is 24.0 Å². The van der Waals surface area contributed by atoms with Gasteiger partial charge in [0, 0.05) is 36.9 Å². The molecule has 4 fully saturated rings. The second-order valence-electron chi connectivity index (χ2n) is 16.5. The zero-order chi connectivity index (χ0) is 42.5. The zero-order valence-corrected chi connectivity index (χ0v) is 34.0. The molecule has 15 heteroatoms. The van der Waals surface area contributed by atoms with Gasteiger partial charge in [0.25, 0.3) is 0 Å². The van der Waals surface area contributed by atoms with Gasteiger partial charge in [0.15, 0.2) is 6.04 Å². The van der Waals surface area contributed by atoms with Gasteiger partial charge in [0.2, 0.25) is 17.6 Å². The average Bonchev–Trinajstić information content (AvgIpc) is 3.81. The Morgan fingerprint density at radius 2 is 1.60 bits per heavy atom. The highest BCUT2D eigenvalue weighted by Crippen LogP contribution is 2.59. The summed E-state index contributed by atoms with van der Waals surface area (Å²) in [4.78, 5) is 61.0. The number of amides is 2. The van der Waals surface area contributed by atoms with Crippen LogP contribution in [-0.2, 0) is 60.0 Å². The number of hydrogen-bond donors (Lipinski definition) is 4. The van der Waals surface area contributed by atoms with Gasteiger partial charge in [-0.1, -0.05) is 84.9 Å². The van der Waals surface area contributed by atoms with E-state index in [4.69, 9.17) is 33.6 Å². The number of esters is 2. The smallest absolute Gasteiger partial charge is 0.327 e. The van der Waals surface area contributed by atoms with Gasteiger partial charge in [-0.15, -0.1) is 0 Å². The lowest BCUT2D eigenvalue weighted by atomic mass is 9.62. The van der Waals surface area contributed by atoms with E-state index in [0.717, 1.165) is 11.1 Å². The summed E-state index contributed by atoms with van der Waals surface area (Å²) >= 11 is 0. The standard InChI is InChI=1S/C45H53N3O12/c1-43(2,3)57-36(52)19-18-33(28-50)47-35(51)20-22-46-42(54)44-26-34-37-38(59-45(58-37,31-10-6-4-7-11-31)32-12-8-5-9-13-32)40(44)60-48(39(44)41(53)56-34)27-30-16-14-29(15-17-30)21-24-55-25-23-49/h4-17,21,24,33-34,37-40,49-50H,18-20,22-23,25-28H2,1-3H3,(H,46,54)(H,47,51)/t33-,34+,37-,38-,39-,40+,44-/m0/s1. The number of nitrogens with zero attached hydrogens (tertiary/aromatic N) is 1. The molecule has 3 aromatic carbocycles. The largest absolute Gasteiger partial charge is 0.499 e. The second kappa shape index (κ2) is 18.2. The molecular formula is C45H53N3O12. The number of carbonyl (C=O) groups excluding carboxylic acids is 4. The highest BCUT2D eigenvalue weighted by atomic mass is 16.8. The summed E-state index contributed by atoms with van der Waals surface area (Å²) in [5, 5.41) is 26.0. The number of aliphatic hydroxyl groups is 2. The molecule has 1 aliphatic carbocycles. The molecule has 1 saturated carbocycles. The van der Waals surface area contributed by atoms with Crippen molar-refractivity contribution in [2.24, 2.45) is 5.41 Å². The molecule has 2 bridgehead atoms. The highest BCUT2D eigenvalue weighted by molar-refractivity contribution is 5.94. The predicted octanol–water partition coefficient (Wildman–Crippen LogP) is 3.26. The fourth-order valence-electron chi connectivity index (χ4n) is 8.50. The van der Waals surface area contributed by atoms with Gasteiger partial charge >= 0.3 is 11.9 Å². The molecule has 60 heavy (non-hydrogen) atoms. The summed E-state index contributed by atoms with van der Waals surface area (Å²) in [6.45, 7) is 5.01. The van der Waals surface area contributed by atoms with Gasteiger partial charge < -0.3 is 44.5 Å². The Balaban J connectivity index is 1.13. The van der Waals surface area contributed by atoms with Crippen LogP contribution in [0, 0.1) is 5.41 Å². The first kappa shape index (κ1) is 42.9. The van der Waals surface area contributed by atoms with Crippen molar-refractivity contribution < 1.29 is 57.9 Å². The topological polar surface area (TPSA) is 191 Å². The quantitative estimate of drug-likeness (QED) is 0.0883. The van der Waals surface area contributed by atoms with Crippen molar-refractivity contribution >= 4 is 29.8 Å². The van der Waals surface area contributed by atoms with Crippen molar-refractivity contribution in [3.05, 3.63) is 113 Å². The number of hydrogen-bond acceptors (Lipinski definition) is 13. The number of carbonyl (C=O) groups is 4. The minimum Gasteiger partial charge on any atom is -0.499 e. The van der Waals surface area contributed by atoms with E-state index in [9.17, 15) is 24.3 Å². The van der Waals surface area contributed by atoms with Gasteiger partial charge in [0.1, 0.15) is 42.0 Å². The Labute approximate surface area is 348 Å². The molecular weight excluding hydrogens is 775 g/mol. The predicted molar refractivity (Wildman–Crippen MR) is 215 cm³/mol. The third kappa shape index (κ3) is 8.97.